The third kappa shape index (κ3) is 3.98. The first-order valence-electron chi connectivity index (χ1n) is 5.85. The van der Waals surface area contributed by atoms with Crippen molar-refractivity contribution in [1.29, 1.82) is 0 Å². The minimum absolute atomic E-state index is 0.0627. The van der Waals surface area contributed by atoms with E-state index in [4.69, 9.17) is 4.74 Å². The van der Waals surface area contributed by atoms with Crippen LogP contribution < -0.4 is 10.6 Å². The van der Waals surface area contributed by atoms with Gasteiger partial charge in [-0.05, 0) is 0 Å². The lowest BCUT2D eigenvalue weighted by Crippen LogP contribution is -2.49. The highest BCUT2D eigenvalue weighted by molar-refractivity contribution is 5.83. The molecule has 0 aromatic heterocycles. The molecule has 0 aliphatic carbocycles. The molecule has 0 radical (unpaired) electrons. The Hall–Kier alpha value is -1.14. The molecule has 0 saturated carbocycles. The largest absolute Gasteiger partial charge is 0.366 e. The number of ether oxygens (including phenoxy) is 1. The van der Waals surface area contributed by atoms with Gasteiger partial charge in [0.25, 0.3) is 5.91 Å². The summed E-state index contributed by atoms with van der Waals surface area (Å²) in [6, 6.07) is 0. The van der Waals surface area contributed by atoms with Crippen LogP contribution in [0.5, 0.6) is 0 Å². The van der Waals surface area contributed by atoms with Crippen LogP contribution in [0.15, 0.2) is 0 Å². The molecule has 1 saturated heterocycles. The minimum Gasteiger partial charge on any atom is -0.366 e. The predicted molar refractivity (Wildman–Crippen MR) is 63.5 cm³/mol. The lowest BCUT2D eigenvalue weighted by Gasteiger charge is -2.28. The van der Waals surface area contributed by atoms with Crippen molar-refractivity contribution in [2.45, 2.75) is 13.0 Å². The number of nitrogens with one attached hydrogen (secondary N) is 2. The Kier molecular flexibility index (Phi) is 5.37. The van der Waals surface area contributed by atoms with Crippen molar-refractivity contribution in [2.75, 3.05) is 40.3 Å². The number of hydrogen-bond donors (Lipinski definition) is 2. The number of carbonyl (C=O) groups excluding carboxylic acids is 2. The molecule has 2 N–H and O–H groups in total. The molecule has 1 rings (SSSR count). The van der Waals surface area contributed by atoms with Crippen LogP contribution in [0.1, 0.15) is 6.92 Å². The Labute approximate surface area is 102 Å². The third-order valence-corrected chi connectivity index (χ3v) is 2.82. The van der Waals surface area contributed by atoms with Crippen molar-refractivity contribution in [1.82, 2.24) is 15.5 Å². The van der Waals surface area contributed by atoms with Crippen LogP contribution in [0.25, 0.3) is 0 Å². The highest BCUT2D eigenvalue weighted by atomic mass is 16.5. The van der Waals surface area contributed by atoms with Crippen molar-refractivity contribution < 1.29 is 14.3 Å². The standard InChI is InChI=1S/C11H21N3O3/c1-8(10(15)12-2)7-14(3)11(16)9-6-13-4-5-17-9/h8-9,13H,4-7H2,1-3H3,(H,12,15). The van der Waals surface area contributed by atoms with E-state index in [1.165, 1.54) is 0 Å². The van der Waals surface area contributed by atoms with Gasteiger partial charge >= 0.3 is 0 Å². The Morgan fingerprint density at radius 1 is 1.59 bits per heavy atom. The maximum absolute atomic E-state index is 12.0. The summed E-state index contributed by atoms with van der Waals surface area (Å²) in [5.74, 6) is -0.356. The van der Waals surface area contributed by atoms with E-state index < -0.39 is 6.10 Å². The smallest absolute Gasteiger partial charge is 0.252 e. The van der Waals surface area contributed by atoms with Crippen LogP contribution in [0.2, 0.25) is 0 Å². The third-order valence-electron chi connectivity index (χ3n) is 2.82. The Morgan fingerprint density at radius 3 is 2.82 bits per heavy atom. The molecule has 1 aliphatic heterocycles. The van der Waals surface area contributed by atoms with E-state index >= 15 is 0 Å². The summed E-state index contributed by atoms with van der Waals surface area (Å²) in [4.78, 5) is 24.9. The number of morpholine rings is 1. The van der Waals surface area contributed by atoms with E-state index in [0.717, 1.165) is 6.54 Å². The van der Waals surface area contributed by atoms with E-state index in [1.807, 2.05) is 0 Å². The van der Waals surface area contributed by atoms with E-state index in [9.17, 15) is 9.59 Å². The molecule has 17 heavy (non-hydrogen) atoms. The van der Waals surface area contributed by atoms with Gasteiger partial charge in [0.1, 0.15) is 6.10 Å². The van der Waals surface area contributed by atoms with Gasteiger partial charge in [-0.3, -0.25) is 9.59 Å². The number of carbonyl (C=O) groups is 2. The fraction of sp³-hybridized carbons (Fsp3) is 0.818. The van der Waals surface area contributed by atoms with Crippen LogP contribution >= 0.6 is 0 Å². The van der Waals surface area contributed by atoms with E-state index in [2.05, 4.69) is 10.6 Å². The highest BCUT2D eigenvalue weighted by Crippen LogP contribution is 2.04. The van der Waals surface area contributed by atoms with Crippen LogP contribution in [-0.4, -0.2) is 63.2 Å². The quantitative estimate of drug-likeness (QED) is 0.652. The van der Waals surface area contributed by atoms with Gasteiger partial charge in [-0.25, -0.2) is 0 Å². The summed E-state index contributed by atoms with van der Waals surface area (Å²) in [5.41, 5.74) is 0. The first kappa shape index (κ1) is 13.9. The summed E-state index contributed by atoms with van der Waals surface area (Å²) < 4.78 is 5.37. The van der Waals surface area contributed by atoms with E-state index in [1.54, 1.807) is 25.9 Å². The van der Waals surface area contributed by atoms with Gasteiger partial charge in [-0.1, -0.05) is 6.92 Å². The van der Waals surface area contributed by atoms with Gasteiger partial charge < -0.3 is 20.3 Å². The summed E-state index contributed by atoms with van der Waals surface area (Å²) in [7, 11) is 3.29. The van der Waals surface area contributed by atoms with Crippen LogP contribution in [0, 0.1) is 5.92 Å². The van der Waals surface area contributed by atoms with Crippen molar-refractivity contribution >= 4 is 11.8 Å². The van der Waals surface area contributed by atoms with Crippen LogP contribution in [-0.2, 0) is 14.3 Å². The van der Waals surface area contributed by atoms with Gasteiger partial charge in [0.05, 0.1) is 12.5 Å². The molecule has 6 heteroatoms. The fourth-order valence-corrected chi connectivity index (χ4v) is 1.80. The first-order valence-corrected chi connectivity index (χ1v) is 5.85. The Bertz CT molecular complexity index is 277. The maximum Gasteiger partial charge on any atom is 0.252 e. The van der Waals surface area contributed by atoms with Crippen LogP contribution in [0.4, 0.5) is 0 Å². The normalized spacial score (nSPS) is 21.7. The maximum atomic E-state index is 12.0. The number of hydrogen-bond acceptors (Lipinski definition) is 4. The molecule has 1 aliphatic rings. The predicted octanol–water partition coefficient (Wildman–Crippen LogP) is -1.18. The lowest BCUT2D eigenvalue weighted by molar-refractivity contribution is -0.144. The van der Waals surface area contributed by atoms with Crippen molar-refractivity contribution in [3.8, 4) is 0 Å². The SMILES string of the molecule is CNC(=O)C(C)CN(C)C(=O)C1CNCCO1. The molecule has 1 heterocycles. The first-order chi connectivity index (χ1) is 8.06. The molecule has 2 atom stereocenters. The fourth-order valence-electron chi connectivity index (χ4n) is 1.80. The topological polar surface area (TPSA) is 70.7 Å². The van der Waals surface area contributed by atoms with Crippen molar-refractivity contribution in [3.05, 3.63) is 0 Å². The molecule has 0 bridgehead atoms. The number of amides is 2. The van der Waals surface area contributed by atoms with Crippen molar-refractivity contribution in [3.63, 3.8) is 0 Å². The number of nitrogens with zero attached hydrogens (tertiary/aromatic N) is 1. The van der Waals surface area contributed by atoms with Crippen LogP contribution in [0.3, 0.4) is 0 Å². The molecule has 2 unspecified atom stereocenters. The molecule has 98 valence electrons. The zero-order valence-corrected chi connectivity index (χ0v) is 10.7. The van der Waals surface area contributed by atoms with Gasteiger partial charge in [-0.2, -0.15) is 0 Å². The zero-order valence-electron chi connectivity index (χ0n) is 10.7. The summed E-state index contributed by atoms with van der Waals surface area (Å²) in [6.07, 6.45) is -0.425. The van der Waals surface area contributed by atoms with E-state index in [0.29, 0.717) is 19.7 Å². The number of likely N-dealkylation sites (N-methyl/N-ethyl adjacent to an activating group) is 1. The highest BCUT2D eigenvalue weighted by Gasteiger charge is 2.26. The molecule has 0 spiro atoms. The second kappa shape index (κ2) is 6.56. The molecular formula is C11H21N3O3. The molecule has 2 amide bonds. The molecule has 0 aromatic rings. The minimum atomic E-state index is -0.425. The van der Waals surface area contributed by atoms with Gasteiger partial charge in [0, 0.05) is 33.7 Å². The molecule has 1 fully saturated rings. The number of rotatable bonds is 4. The monoisotopic (exact) mass is 243 g/mol. The molecular weight excluding hydrogens is 222 g/mol. The summed E-state index contributed by atoms with van der Waals surface area (Å²) in [6.45, 7) is 4.07. The average Bonchev–Trinajstić information content (AvgIpc) is 2.37. The van der Waals surface area contributed by atoms with Crippen molar-refractivity contribution in [2.24, 2.45) is 5.92 Å². The summed E-state index contributed by atoms with van der Waals surface area (Å²) in [5, 5.41) is 5.67. The van der Waals surface area contributed by atoms with Gasteiger partial charge in [0.15, 0.2) is 0 Å². The second-order valence-electron chi connectivity index (χ2n) is 4.30. The Balaban J connectivity index is 2.43. The summed E-state index contributed by atoms with van der Waals surface area (Å²) >= 11 is 0. The molecule has 6 nitrogen and oxygen atoms in total. The van der Waals surface area contributed by atoms with Gasteiger partial charge in [0.2, 0.25) is 5.91 Å². The lowest BCUT2D eigenvalue weighted by atomic mass is 10.1. The average molecular weight is 243 g/mol. The molecule has 0 aromatic carbocycles. The van der Waals surface area contributed by atoms with E-state index in [-0.39, 0.29) is 17.7 Å². The Morgan fingerprint density at radius 2 is 2.29 bits per heavy atom. The second-order valence-corrected chi connectivity index (χ2v) is 4.30. The zero-order chi connectivity index (χ0) is 12.8. The van der Waals surface area contributed by atoms with Gasteiger partial charge in [-0.15, -0.1) is 0 Å².